The standard InChI is InChI=1S/C18H15Cl2F3N2O3/c19-13-5-6-15(14(20)9-13)28-10-16(26)24-7-8-25-17(27)11-1-3-12(4-2-11)18(21,22)23/h1-6,9H,7-8,10H2,(H,24,26)(H,25,27). The van der Waals surface area contributed by atoms with Crippen molar-refractivity contribution in [2.24, 2.45) is 0 Å². The van der Waals surface area contributed by atoms with Crippen molar-refractivity contribution in [3.8, 4) is 5.75 Å². The van der Waals surface area contributed by atoms with Crippen LogP contribution in [0.3, 0.4) is 0 Å². The molecular formula is C18H15Cl2F3N2O3. The Morgan fingerprint density at radius 3 is 2.21 bits per heavy atom. The lowest BCUT2D eigenvalue weighted by atomic mass is 10.1. The van der Waals surface area contributed by atoms with Gasteiger partial charge in [0.05, 0.1) is 10.6 Å². The number of ether oxygens (including phenoxy) is 1. The van der Waals surface area contributed by atoms with Crippen LogP contribution in [-0.2, 0) is 11.0 Å². The van der Waals surface area contributed by atoms with E-state index in [1.165, 1.54) is 12.1 Å². The summed E-state index contributed by atoms with van der Waals surface area (Å²) < 4.78 is 42.7. The fraction of sp³-hybridized carbons (Fsp3) is 0.222. The Kier molecular flexibility index (Phi) is 7.53. The summed E-state index contributed by atoms with van der Waals surface area (Å²) in [5, 5.41) is 5.72. The molecule has 0 radical (unpaired) electrons. The second kappa shape index (κ2) is 9.66. The van der Waals surface area contributed by atoms with Crippen LogP contribution in [0.4, 0.5) is 13.2 Å². The summed E-state index contributed by atoms with van der Waals surface area (Å²) in [7, 11) is 0. The van der Waals surface area contributed by atoms with Gasteiger partial charge >= 0.3 is 6.18 Å². The number of carbonyl (C=O) groups is 2. The molecule has 0 fully saturated rings. The number of carbonyl (C=O) groups excluding carboxylic acids is 2. The normalized spacial score (nSPS) is 11.0. The molecule has 0 atom stereocenters. The van der Waals surface area contributed by atoms with E-state index in [-0.39, 0.29) is 30.3 Å². The van der Waals surface area contributed by atoms with Crippen molar-refractivity contribution in [1.29, 1.82) is 0 Å². The van der Waals surface area contributed by atoms with Crippen molar-refractivity contribution in [3.05, 3.63) is 63.6 Å². The Bertz CT molecular complexity index is 843. The molecule has 0 saturated carbocycles. The molecule has 2 aromatic carbocycles. The number of hydrogen-bond donors (Lipinski definition) is 2. The Balaban J connectivity index is 1.70. The molecular weight excluding hydrogens is 420 g/mol. The molecule has 2 rings (SSSR count). The van der Waals surface area contributed by atoms with Crippen molar-refractivity contribution in [2.45, 2.75) is 6.18 Å². The van der Waals surface area contributed by atoms with Crippen LogP contribution in [0.25, 0.3) is 0 Å². The van der Waals surface area contributed by atoms with E-state index in [0.29, 0.717) is 10.8 Å². The average molecular weight is 435 g/mol. The van der Waals surface area contributed by atoms with Crippen molar-refractivity contribution in [2.75, 3.05) is 19.7 Å². The first-order valence-corrected chi connectivity index (χ1v) is 8.72. The minimum Gasteiger partial charge on any atom is -0.482 e. The van der Waals surface area contributed by atoms with Crippen LogP contribution in [0.2, 0.25) is 10.0 Å². The summed E-state index contributed by atoms with van der Waals surface area (Å²) in [6.45, 7) is -0.0790. The number of benzene rings is 2. The third-order valence-electron chi connectivity index (χ3n) is 3.46. The maximum Gasteiger partial charge on any atom is 0.416 e. The molecule has 5 nitrogen and oxygen atoms in total. The third-order valence-corrected chi connectivity index (χ3v) is 3.99. The zero-order valence-electron chi connectivity index (χ0n) is 14.3. The van der Waals surface area contributed by atoms with Crippen LogP contribution in [0.15, 0.2) is 42.5 Å². The SMILES string of the molecule is O=C(COc1ccc(Cl)cc1Cl)NCCNC(=O)c1ccc(C(F)(F)F)cc1. The fourth-order valence-electron chi connectivity index (χ4n) is 2.08. The molecule has 0 saturated heterocycles. The van der Waals surface area contributed by atoms with E-state index in [1.54, 1.807) is 6.07 Å². The third kappa shape index (κ3) is 6.61. The van der Waals surface area contributed by atoms with Gasteiger partial charge in [-0.05, 0) is 42.5 Å². The first-order valence-electron chi connectivity index (χ1n) is 7.97. The topological polar surface area (TPSA) is 67.4 Å². The Labute approximate surface area is 168 Å². The van der Waals surface area contributed by atoms with E-state index in [1.807, 2.05) is 0 Å². The van der Waals surface area contributed by atoms with Gasteiger partial charge in [0.1, 0.15) is 5.75 Å². The molecule has 150 valence electrons. The van der Waals surface area contributed by atoms with E-state index in [2.05, 4.69) is 10.6 Å². The van der Waals surface area contributed by atoms with Crippen molar-refractivity contribution < 1.29 is 27.5 Å². The number of hydrogen-bond acceptors (Lipinski definition) is 3. The molecule has 10 heteroatoms. The first kappa shape index (κ1) is 21.8. The zero-order chi connectivity index (χ0) is 20.7. The van der Waals surface area contributed by atoms with Crippen molar-refractivity contribution >= 4 is 35.0 Å². The van der Waals surface area contributed by atoms with E-state index in [4.69, 9.17) is 27.9 Å². The Morgan fingerprint density at radius 2 is 1.61 bits per heavy atom. The summed E-state index contributed by atoms with van der Waals surface area (Å²) >= 11 is 11.7. The van der Waals surface area contributed by atoms with Crippen molar-refractivity contribution in [3.63, 3.8) is 0 Å². The molecule has 2 amide bonds. The fourth-order valence-corrected chi connectivity index (χ4v) is 2.54. The van der Waals surface area contributed by atoms with E-state index in [9.17, 15) is 22.8 Å². The van der Waals surface area contributed by atoms with Gasteiger partial charge in [0.25, 0.3) is 11.8 Å². The van der Waals surface area contributed by atoms with Gasteiger partial charge in [-0.2, -0.15) is 13.2 Å². The van der Waals surface area contributed by atoms with Gasteiger partial charge in [0.2, 0.25) is 0 Å². The van der Waals surface area contributed by atoms with E-state index < -0.39 is 23.6 Å². The van der Waals surface area contributed by atoms with Gasteiger partial charge in [-0.15, -0.1) is 0 Å². The molecule has 0 aliphatic heterocycles. The predicted octanol–water partition coefficient (Wildman–Crippen LogP) is 3.94. The van der Waals surface area contributed by atoms with Crippen LogP contribution >= 0.6 is 23.2 Å². The first-order chi connectivity index (χ1) is 13.2. The lowest BCUT2D eigenvalue weighted by molar-refractivity contribution is -0.137. The van der Waals surface area contributed by atoms with Gasteiger partial charge in [-0.25, -0.2) is 0 Å². The Morgan fingerprint density at radius 1 is 0.964 bits per heavy atom. The minimum absolute atomic E-state index is 0.0834. The highest BCUT2D eigenvalue weighted by Crippen LogP contribution is 2.29. The molecule has 0 aromatic heterocycles. The molecule has 2 N–H and O–H groups in total. The highest BCUT2D eigenvalue weighted by molar-refractivity contribution is 6.35. The van der Waals surface area contributed by atoms with Gasteiger partial charge in [-0.3, -0.25) is 9.59 Å². The molecule has 0 spiro atoms. The van der Waals surface area contributed by atoms with Gasteiger partial charge in [0.15, 0.2) is 6.61 Å². The molecule has 0 aliphatic rings. The molecule has 0 unspecified atom stereocenters. The van der Waals surface area contributed by atoms with Gasteiger partial charge in [-0.1, -0.05) is 23.2 Å². The summed E-state index contributed by atoms with van der Waals surface area (Å²) in [4.78, 5) is 23.6. The molecule has 2 aromatic rings. The quantitative estimate of drug-likeness (QED) is 0.648. The lowest BCUT2D eigenvalue weighted by Crippen LogP contribution is -2.36. The van der Waals surface area contributed by atoms with Crippen LogP contribution in [-0.4, -0.2) is 31.5 Å². The van der Waals surface area contributed by atoms with E-state index >= 15 is 0 Å². The number of rotatable bonds is 7. The van der Waals surface area contributed by atoms with Crippen LogP contribution in [0.5, 0.6) is 5.75 Å². The monoisotopic (exact) mass is 434 g/mol. The summed E-state index contributed by atoms with van der Waals surface area (Å²) in [5.74, 6) is -0.682. The number of alkyl halides is 3. The van der Waals surface area contributed by atoms with Gasteiger partial charge in [0, 0.05) is 23.7 Å². The maximum atomic E-state index is 12.5. The molecule has 0 bridgehead atoms. The number of nitrogens with one attached hydrogen (secondary N) is 2. The summed E-state index contributed by atoms with van der Waals surface area (Å²) in [6, 6.07) is 8.40. The highest BCUT2D eigenvalue weighted by Gasteiger charge is 2.30. The zero-order valence-corrected chi connectivity index (χ0v) is 15.8. The molecule has 28 heavy (non-hydrogen) atoms. The highest BCUT2D eigenvalue weighted by atomic mass is 35.5. The largest absolute Gasteiger partial charge is 0.482 e. The Hall–Kier alpha value is -2.45. The maximum absolute atomic E-state index is 12.5. The van der Waals surface area contributed by atoms with Crippen LogP contribution < -0.4 is 15.4 Å². The summed E-state index contributed by atoms with van der Waals surface area (Å²) in [6.07, 6.45) is -4.46. The number of amides is 2. The van der Waals surface area contributed by atoms with Crippen molar-refractivity contribution in [1.82, 2.24) is 10.6 Å². The predicted molar refractivity (Wildman–Crippen MR) is 98.7 cm³/mol. The second-order valence-electron chi connectivity index (χ2n) is 5.54. The smallest absolute Gasteiger partial charge is 0.416 e. The summed E-state index contributed by atoms with van der Waals surface area (Å²) in [5.41, 5.74) is -0.753. The van der Waals surface area contributed by atoms with E-state index in [0.717, 1.165) is 24.3 Å². The average Bonchev–Trinajstić information content (AvgIpc) is 2.63. The van der Waals surface area contributed by atoms with Crippen LogP contribution in [0, 0.1) is 0 Å². The van der Waals surface area contributed by atoms with Gasteiger partial charge < -0.3 is 15.4 Å². The number of halogens is 5. The minimum atomic E-state index is -4.46. The molecule has 0 heterocycles. The van der Waals surface area contributed by atoms with Crippen LogP contribution in [0.1, 0.15) is 15.9 Å². The lowest BCUT2D eigenvalue weighted by Gasteiger charge is -2.10. The second-order valence-corrected chi connectivity index (χ2v) is 6.39. The molecule has 0 aliphatic carbocycles.